The molecule has 3 aromatic carbocycles. The van der Waals surface area contributed by atoms with Crippen LogP contribution in [0.15, 0.2) is 101 Å². The molecule has 0 atom stereocenters. The number of hydrogen-bond acceptors (Lipinski definition) is 6. The molecule has 0 bridgehead atoms. The molecule has 0 spiro atoms. The second kappa shape index (κ2) is 13.2. The van der Waals surface area contributed by atoms with E-state index in [1.54, 1.807) is 24.7 Å². The van der Waals surface area contributed by atoms with E-state index in [-0.39, 0.29) is 28.8 Å². The van der Waals surface area contributed by atoms with Gasteiger partial charge >= 0.3 is 0 Å². The normalized spacial score (nSPS) is 11.1. The van der Waals surface area contributed by atoms with Gasteiger partial charge in [0.15, 0.2) is 11.0 Å². The van der Waals surface area contributed by atoms with Crippen molar-refractivity contribution in [3.63, 3.8) is 0 Å². The summed E-state index contributed by atoms with van der Waals surface area (Å²) in [5.41, 5.74) is 3.74. The Morgan fingerprint density at radius 3 is 2.26 bits per heavy atom. The number of hydrogen-bond donors (Lipinski definition) is 2. The first-order valence-electron chi connectivity index (χ1n) is 13.7. The fourth-order valence-corrected chi connectivity index (χ4v) is 5.34. The van der Waals surface area contributed by atoms with Crippen LogP contribution in [0, 0.1) is 6.92 Å². The van der Waals surface area contributed by atoms with E-state index in [1.165, 1.54) is 22.5 Å². The molecule has 2 amide bonds. The third-order valence-corrected chi connectivity index (χ3v) is 7.79. The molecule has 0 aliphatic heterocycles. The molecular weight excluding hydrogens is 562 g/mol. The summed E-state index contributed by atoms with van der Waals surface area (Å²) in [4.78, 5) is 38.3. The van der Waals surface area contributed by atoms with E-state index < -0.39 is 0 Å². The van der Waals surface area contributed by atoms with Crippen molar-refractivity contribution >= 4 is 41.0 Å². The predicted molar refractivity (Wildman–Crippen MR) is 170 cm³/mol. The van der Waals surface area contributed by atoms with E-state index in [1.807, 2.05) is 96.4 Å². The summed E-state index contributed by atoms with van der Waals surface area (Å²) in [5.74, 6) is 0.162. The lowest BCUT2D eigenvalue weighted by Crippen LogP contribution is -2.23. The number of carbonyl (C=O) groups is 2. The van der Waals surface area contributed by atoms with Gasteiger partial charge in [-0.2, -0.15) is 0 Å². The fourth-order valence-electron chi connectivity index (χ4n) is 4.53. The van der Waals surface area contributed by atoms with Crippen LogP contribution in [-0.2, 0) is 23.2 Å². The van der Waals surface area contributed by atoms with Crippen molar-refractivity contribution in [2.24, 2.45) is 7.05 Å². The van der Waals surface area contributed by atoms with E-state index in [4.69, 9.17) is 0 Å². The Kier molecular flexibility index (Phi) is 9.02. The van der Waals surface area contributed by atoms with Crippen LogP contribution in [0.3, 0.4) is 0 Å². The topological polar surface area (TPSA) is 116 Å². The molecule has 0 radical (unpaired) electrons. The van der Waals surface area contributed by atoms with Crippen molar-refractivity contribution in [3.05, 3.63) is 113 Å². The van der Waals surface area contributed by atoms with Gasteiger partial charge in [-0.1, -0.05) is 60.3 Å². The van der Waals surface area contributed by atoms with Crippen LogP contribution in [0.5, 0.6) is 0 Å². The third kappa shape index (κ3) is 6.68. The Morgan fingerprint density at radius 1 is 0.907 bits per heavy atom. The van der Waals surface area contributed by atoms with Crippen molar-refractivity contribution in [1.82, 2.24) is 24.1 Å². The van der Waals surface area contributed by atoms with E-state index in [9.17, 15) is 14.4 Å². The molecule has 2 heterocycles. The average molecular weight is 594 g/mol. The van der Waals surface area contributed by atoms with Crippen LogP contribution in [0.1, 0.15) is 18.2 Å². The Labute approximate surface area is 253 Å². The zero-order valence-corrected chi connectivity index (χ0v) is 24.8. The number of nitrogens with zero attached hydrogens (tertiary/aromatic N) is 5. The van der Waals surface area contributed by atoms with Crippen molar-refractivity contribution in [2.45, 2.75) is 25.5 Å². The molecule has 0 aliphatic rings. The highest BCUT2D eigenvalue weighted by Gasteiger charge is 2.19. The SMILES string of the molecule is CCn1c(SCC(=O)Nc2c(C)n(C)n(-c3ccccc3)c2=O)nnc1-c1ccc(NC(=O)/C=C/c2ccccc2)cc1. The van der Waals surface area contributed by atoms with E-state index >= 15 is 0 Å². The van der Waals surface area contributed by atoms with Crippen molar-refractivity contribution < 1.29 is 9.59 Å². The number of thioether (sulfide) groups is 1. The lowest BCUT2D eigenvalue weighted by molar-refractivity contribution is -0.114. The first-order valence-corrected chi connectivity index (χ1v) is 14.7. The number of amides is 2. The zero-order valence-electron chi connectivity index (χ0n) is 24.0. The molecule has 2 aromatic heterocycles. The van der Waals surface area contributed by atoms with Crippen LogP contribution < -0.4 is 16.2 Å². The highest BCUT2D eigenvalue weighted by molar-refractivity contribution is 7.99. The Bertz CT molecular complexity index is 1820. The van der Waals surface area contributed by atoms with E-state index in [0.29, 0.717) is 34.6 Å². The van der Waals surface area contributed by atoms with Crippen LogP contribution in [0.25, 0.3) is 23.2 Å². The largest absolute Gasteiger partial charge is 0.323 e. The number of anilines is 2. The summed E-state index contributed by atoms with van der Waals surface area (Å²) in [6.45, 7) is 4.36. The van der Waals surface area contributed by atoms with Crippen molar-refractivity contribution in [3.8, 4) is 17.1 Å². The van der Waals surface area contributed by atoms with Gasteiger partial charge in [0, 0.05) is 30.9 Å². The standard InChI is InChI=1S/C32H31N7O3S/c1-4-38-30(24-16-18-25(19-17-24)33-27(40)20-15-23-11-7-5-8-12-23)35-36-32(38)43-21-28(41)34-29-22(2)37(3)39(31(29)42)26-13-9-6-10-14-26/h5-20H,4,21H2,1-3H3,(H,33,40)(H,34,41)/b20-15+. The second-order valence-corrected chi connectivity index (χ2v) is 10.6. The summed E-state index contributed by atoms with van der Waals surface area (Å²) in [5, 5.41) is 14.9. The second-order valence-electron chi connectivity index (χ2n) is 9.63. The average Bonchev–Trinajstić information content (AvgIpc) is 3.54. The first-order chi connectivity index (χ1) is 20.9. The monoisotopic (exact) mass is 593 g/mol. The van der Waals surface area contributed by atoms with Crippen molar-refractivity contribution in [1.29, 1.82) is 0 Å². The van der Waals surface area contributed by atoms with Gasteiger partial charge in [0.1, 0.15) is 5.69 Å². The maximum atomic E-state index is 13.1. The van der Waals surface area contributed by atoms with Gasteiger partial charge in [0.2, 0.25) is 11.8 Å². The Hall–Kier alpha value is -5.16. The van der Waals surface area contributed by atoms with Crippen LogP contribution in [0.4, 0.5) is 11.4 Å². The molecule has 0 fully saturated rings. The van der Waals surface area contributed by atoms with Gasteiger partial charge in [-0.15, -0.1) is 10.2 Å². The number of rotatable bonds is 10. The number of aromatic nitrogens is 5. The summed E-state index contributed by atoms with van der Waals surface area (Å²) in [7, 11) is 1.78. The zero-order chi connectivity index (χ0) is 30.3. The van der Waals surface area contributed by atoms with E-state index in [0.717, 1.165) is 11.1 Å². The van der Waals surface area contributed by atoms with Gasteiger partial charge in [0.05, 0.1) is 17.1 Å². The number of benzene rings is 3. The molecule has 5 aromatic rings. The molecule has 5 rings (SSSR count). The number of carbonyl (C=O) groups excluding carboxylic acids is 2. The summed E-state index contributed by atoms with van der Waals surface area (Å²) in [6.07, 6.45) is 3.25. The molecule has 0 aliphatic carbocycles. The maximum Gasteiger partial charge on any atom is 0.295 e. The Balaban J connectivity index is 1.22. The summed E-state index contributed by atoms with van der Waals surface area (Å²) < 4.78 is 5.17. The molecule has 10 nitrogen and oxygen atoms in total. The number of para-hydroxylation sites is 1. The first kappa shape index (κ1) is 29.3. The minimum Gasteiger partial charge on any atom is -0.323 e. The molecule has 43 heavy (non-hydrogen) atoms. The molecule has 0 saturated heterocycles. The predicted octanol–water partition coefficient (Wildman–Crippen LogP) is 5.15. The molecular formula is C32H31N7O3S. The summed E-state index contributed by atoms with van der Waals surface area (Å²) >= 11 is 1.25. The van der Waals surface area contributed by atoms with Gasteiger partial charge in [-0.3, -0.25) is 19.1 Å². The van der Waals surface area contributed by atoms with Gasteiger partial charge in [0.25, 0.3) is 5.56 Å². The van der Waals surface area contributed by atoms with E-state index in [2.05, 4.69) is 20.8 Å². The minimum absolute atomic E-state index is 0.0543. The van der Waals surface area contributed by atoms with Gasteiger partial charge < -0.3 is 15.2 Å². The smallest absolute Gasteiger partial charge is 0.295 e. The lowest BCUT2D eigenvalue weighted by Gasteiger charge is -2.08. The molecule has 0 unspecified atom stereocenters. The highest BCUT2D eigenvalue weighted by atomic mass is 32.2. The highest BCUT2D eigenvalue weighted by Crippen LogP contribution is 2.25. The quantitative estimate of drug-likeness (QED) is 0.171. The van der Waals surface area contributed by atoms with Gasteiger partial charge in [-0.25, -0.2) is 4.68 Å². The lowest BCUT2D eigenvalue weighted by atomic mass is 10.2. The maximum absolute atomic E-state index is 13.1. The number of nitrogens with one attached hydrogen (secondary N) is 2. The molecule has 2 N–H and O–H groups in total. The summed E-state index contributed by atoms with van der Waals surface area (Å²) in [6, 6.07) is 26.2. The van der Waals surface area contributed by atoms with Crippen LogP contribution in [0.2, 0.25) is 0 Å². The minimum atomic E-state index is -0.315. The molecule has 0 saturated carbocycles. The molecule has 218 valence electrons. The fraction of sp³-hybridized carbons (Fsp3) is 0.156. The molecule has 11 heteroatoms. The van der Waals surface area contributed by atoms with Crippen molar-refractivity contribution in [2.75, 3.05) is 16.4 Å². The van der Waals surface area contributed by atoms with Crippen LogP contribution >= 0.6 is 11.8 Å². The Morgan fingerprint density at radius 2 is 1.58 bits per heavy atom. The van der Waals surface area contributed by atoms with Crippen LogP contribution in [-0.4, -0.2) is 41.7 Å². The third-order valence-electron chi connectivity index (χ3n) is 6.82. The van der Waals surface area contributed by atoms with Gasteiger partial charge in [-0.05, 0) is 61.9 Å².